The molecule has 0 radical (unpaired) electrons. The minimum Gasteiger partial charge on any atom is -0.153 e. The Balaban J connectivity index is 0. The van der Waals surface area contributed by atoms with Gasteiger partial charge in [-0.25, -0.2) is 0 Å². The van der Waals surface area contributed by atoms with Gasteiger partial charge in [0.05, 0.1) is 0 Å². The Labute approximate surface area is 230 Å². The van der Waals surface area contributed by atoms with Crippen LogP contribution < -0.4 is 0 Å². The Morgan fingerprint density at radius 1 is 0.471 bits per heavy atom. The van der Waals surface area contributed by atoms with E-state index in [1.165, 1.54) is 122 Å². The Morgan fingerprint density at radius 3 is 1.15 bits per heavy atom. The Kier molecular flexibility index (Phi) is 28.7. The van der Waals surface area contributed by atoms with E-state index in [0.29, 0.717) is 0 Å². The maximum atomic E-state index is 2.42. The second kappa shape index (κ2) is 26.6. The molecule has 1 unspecified atom stereocenters. The van der Waals surface area contributed by atoms with Crippen molar-refractivity contribution in [3.8, 4) is 0 Å². The molecule has 0 aliphatic rings. The number of rotatable bonds is 23. The van der Waals surface area contributed by atoms with Crippen molar-refractivity contribution in [3.63, 3.8) is 0 Å². The Bertz CT molecular complexity index is 465. The molecule has 0 aromatic heterocycles. The largest absolute Gasteiger partial charge is 0.153 e. The topological polar surface area (TPSA) is 0 Å². The Morgan fingerprint density at radius 2 is 0.794 bits per heavy atom. The zero-order chi connectivity index (χ0) is 23.2. The van der Waals surface area contributed by atoms with Crippen LogP contribution in [0.4, 0.5) is 0 Å². The van der Waals surface area contributed by atoms with Crippen molar-refractivity contribution in [1.82, 2.24) is 0 Å². The fourth-order valence-electron chi connectivity index (χ4n) is 5.51. The predicted octanol–water partition coefficient (Wildman–Crippen LogP) is 11.7. The van der Waals surface area contributed by atoms with Gasteiger partial charge in [-0.05, 0) is 0 Å². The van der Waals surface area contributed by atoms with Crippen LogP contribution in [0.25, 0.3) is 0 Å². The molecule has 34 heavy (non-hydrogen) atoms. The monoisotopic (exact) mass is 576 g/mol. The summed E-state index contributed by atoms with van der Waals surface area (Å²) in [4.78, 5) is 0. The number of hydrogen-bond donors (Lipinski definition) is 0. The smallest absolute Gasteiger partial charge is 0.153 e. The van der Waals surface area contributed by atoms with Gasteiger partial charge in [-0.1, -0.05) is 0 Å². The number of hydrogen-bond acceptors (Lipinski definition) is 0. The van der Waals surface area contributed by atoms with E-state index in [1.54, 1.807) is 24.0 Å². The van der Waals surface area contributed by atoms with E-state index in [2.05, 4.69) is 51.1 Å². The van der Waals surface area contributed by atoms with Gasteiger partial charge in [-0.15, -0.1) is 17.0 Å². The Hall–Kier alpha value is 0.560. The molecule has 1 rings (SSSR count). The van der Waals surface area contributed by atoms with Gasteiger partial charge in [0.15, 0.2) is 0 Å². The summed E-state index contributed by atoms with van der Waals surface area (Å²) in [6.45, 7) is 7.00. The fourth-order valence-corrected chi connectivity index (χ4v) is 10.9. The molecule has 1 aromatic carbocycles. The van der Waals surface area contributed by atoms with E-state index in [4.69, 9.17) is 0 Å². The van der Waals surface area contributed by atoms with Crippen LogP contribution in [0.3, 0.4) is 0 Å². The van der Waals surface area contributed by atoms with Crippen LogP contribution in [-0.4, -0.2) is 18.5 Å². The first-order chi connectivity index (χ1) is 15.8. The van der Waals surface area contributed by atoms with E-state index in [9.17, 15) is 0 Å². The minimum absolute atomic E-state index is 0. The van der Waals surface area contributed by atoms with Gasteiger partial charge in [0.1, 0.15) is 0 Å². The summed E-state index contributed by atoms with van der Waals surface area (Å²) in [7, 11) is -1.24. The van der Waals surface area contributed by atoms with Gasteiger partial charge in [0.2, 0.25) is 0 Å². The van der Waals surface area contributed by atoms with Crippen LogP contribution in [0.1, 0.15) is 142 Å². The molecule has 1 aromatic rings. The van der Waals surface area contributed by atoms with E-state index < -0.39 is 7.26 Å². The molecule has 0 nitrogen and oxygen atoms in total. The third kappa shape index (κ3) is 19.7. The second-order valence-electron chi connectivity index (χ2n) is 10.7. The van der Waals surface area contributed by atoms with Gasteiger partial charge < -0.3 is 0 Å². The molecule has 0 N–H and O–H groups in total. The van der Waals surface area contributed by atoms with E-state index >= 15 is 0 Å². The van der Waals surface area contributed by atoms with Crippen LogP contribution in [0.2, 0.25) is 0 Å². The van der Waals surface area contributed by atoms with Crippen LogP contribution in [0.5, 0.6) is 0 Å². The zero-order valence-electron chi connectivity index (χ0n) is 23.6. The van der Waals surface area contributed by atoms with E-state index in [0.717, 1.165) is 0 Å². The van der Waals surface area contributed by atoms with Crippen LogP contribution >= 0.6 is 34.1 Å². The molecule has 0 aliphatic carbocycles. The minimum atomic E-state index is -1.24. The molecular formula is C31H63BrP2. The van der Waals surface area contributed by atoms with E-state index in [-0.39, 0.29) is 26.9 Å². The third-order valence-electron chi connectivity index (χ3n) is 7.60. The van der Waals surface area contributed by atoms with Gasteiger partial charge in [0, 0.05) is 0 Å². The number of halogens is 1. The molecule has 0 saturated carbocycles. The normalized spacial score (nSPS) is 11.6. The standard InChI is InChI=1S/C31H59P.BrH.H3P/c1-4-7-10-13-16-22-27-32(28-23-17-14-11-8-5-2,29-24-18-15-12-9-6-3)30-31-25-20-19-21-26-31;;/h19-21,25-26,32H,4-18,22-24,27-30H2,1-3H3;1H;1H3. The summed E-state index contributed by atoms with van der Waals surface area (Å²) in [6.07, 6.45) is 32.4. The first-order valence-electron chi connectivity index (χ1n) is 14.8. The molecule has 3 heteroatoms. The summed E-state index contributed by atoms with van der Waals surface area (Å²) in [5.74, 6) is 0. The van der Waals surface area contributed by atoms with Crippen LogP contribution in [-0.2, 0) is 6.16 Å². The first kappa shape index (κ1) is 36.7. The van der Waals surface area contributed by atoms with Crippen LogP contribution in [0.15, 0.2) is 30.3 Å². The fraction of sp³-hybridized carbons (Fsp3) is 0.806. The average molecular weight is 578 g/mol. The summed E-state index contributed by atoms with van der Waals surface area (Å²) in [6, 6.07) is 11.6. The van der Waals surface area contributed by atoms with Crippen molar-refractivity contribution in [2.45, 2.75) is 143 Å². The molecule has 0 spiro atoms. The van der Waals surface area contributed by atoms with Crippen molar-refractivity contribution in [2.24, 2.45) is 0 Å². The van der Waals surface area contributed by atoms with Gasteiger partial charge in [-0.3, -0.25) is 0 Å². The molecule has 0 aliphatic heterocycles. The summed E-state index contributed by atoms with van der Waals surface area (Å²) in [5, 5.41) is 0. The number of benzene rings is 1. The number of unbranched alkanes of at least 4 members (excludes halogenated alkanes) is 15. The third-order valence-corrected chi connectivity index (χ3v) is 13.0. The summed E-state index contributed by atoms with van der Waals surface area (Å²) >= 11 is 0. The van der Waals surface area contributed by atoms with Gasteiger partial charge >= 0.3 is 204 Å². The average Bonchev–Trinajstić information content (AvgIpc) is 2.81. The second-order valence-corrected chi connectivity index (χ2v) is 15.6. The summed E-state index contributed by atoms with van der Waals surface area (Å²) in [5.41, 5.74) is 1.64. The van der Waals surface area contributed by atoms with Crippen molar-refractivity contribution in [1.29, 1.82) is 0 Å². The molecule has 0 saturated heterocycles. The van der Waals surface area contributed by atoms with Crippen LogP contribution in [0, 0.1) is 0 Å². The molecular weight excluding hydrogens is 514 g/mol. The van der Waals surface area contributed by atoms with Crippen molar-refractivity contribution in [2.75, 3.05) is 18.5 Å². The molecule has 0 bridgehead atoms. The van der Waals surface area contributed by atoms with Crippen molar-refractivity contribution in [3.05, 3.63) is 35.9 Å². The SMILES string of the molecule is Br.CCCCCCCC[PH](CCCCCCCC)(CCCCCCCC)Cc1ccccc1.P. The van der Waals surface area contributed by atoms with Crippen molar-refractivity contribution < 1.29 is 0 Å². The van der Waals surface area contributed by atoms with Gasteiger partial charge in [-0.2, -0.15) is 9.90 Å². The quantitative estimate of drug-likeness (QED) is 0.0896. The summed E-state index contributed by atoms with van der Waals surface area (Å²) < 4.78 is 0. The molecule has 204 valence electrons. The predicted molar refractivity (Wildman–Crippen MR) is 175 cm³/mol. The molecule has 0 fully saturated rings. The maximum absolute atomic E-state index is 2.42. The zero-order valence-corrected chi connectivity index (χ0v) is 27.7. The van der Waals surface area contributed by atoms with Crippen molar-refractivity contribution >= 4 is 34.1 Å². The maximum Gasteiger partial charge on any atom is -0.153 e. The molecule has 0 heterocycles. The molecule has 1 atom stereocenters. The van der Waals surface area contributed by atoms with Gasteiger partial charge in [0.25, 0.3) is 0 Å². The first-order valence-corrected chi connectivity index (χ1v) is 17.6. The van der Waals surface area contributed by atoms with E-state index in [1.807, 2.05) is 0 Å². The molecule has 0 amide bonds.